The molecule has 1 aromatic heterocycles. The van der Waals surface area contributed by atoms with Gasteiger partial charge in [0.15, 0.2) is 0 Å². The first-order valence-corrected chi connectivity index (χ1v) is 4.75. The minimum absolute atomic E-state index is 0.333. The largest absolute Gasteiger partial charge is 0.345 e. The minimum Gasteiger partial charge on any atom is -0.345 e. The molecule has 0 atom stereocenters. The SMILES string of the molecule is O=C1C=CC(=O)N1c1cccc2[nH]cnc12. The second kappa shape index (κ2) is 3.03. The Bertz CT molecular complexity index is 609. The summed E-state index contributed by atoms with van der Waals surface area (Å²) in [6, 6.07) is 5.31. The van der Waals surface area contributed by atoms with Crippen LogP contribution in [-0.2, 0) is 9.59 Å². The van der Waals surface area contributed by atoms with E-state index in [4.69, 9.17) is 0 Å². The third-order valence-corrected chi connectivity index (χ3v) is 2.48. The lowest BCUT2D eigenvalue weighted by Gasteiger charge is -2.13. The first-order chi connectivity index (χ1) is 7.77. The van der Waals surface area contributed by atoms with E-state index in [2.05, 4.69) is 9.97 Å². The van der Waals surface area contributed by atoms with Crippen LogP contribution in [0.5, 0.6) is 0 Å². The molecule has 2 heterocycles. The molecule has 0 unspecified atom stereocenters. The maximum Gasteiger partial charge on any atom is 0.258 e. The number of nitrogens with zero attached hydrogens (tertiary/aromatic N) is 2. The third-order valence-electron chi connectivity index (χ3n) is 2.48. The molecule has 16 heavy (non-hydrogen) atoms. The molecular weight excluding hydrogens is 206 g/mol. The van der Waals surface area contributed by atoms with Crippen molar-refractivity contribution >= 4 is 28.5 Å². The number of nitrogens with one attached hydrogen (secondary N) is 1. The maximum atomic E-state index is 11.5. The van der Waals surface area contributed by atoms with Gasteiger partial charge in [-0.15, -0.1) is 0 Å². The van der Waals surface area contributed by atoms with Gasteiger partial charge in [0.25, 0.3) is 11.8 Å². The summed E-state index contributed by atoms with van der Waals surface area (Å²) < 4.78 is 0. The van der Waals surface area contributed by atoms with E-state index in [1.807, 2.05) is 6.07 Å². The van der Waals surface area contributed by atoms with Crippen molar-refractivity contribution in [1.82, 2.24) is 9.97 Å². The second-order valence-corrected chi connectivity index (χ2v) is 3.42. The smallest absolute Gasteiger partial charge is 0.258 e. The topological polar surface area (TPSA) is 66.1 Å². The number of imidazole rings is 1. The highest BCUT2D eigenvalue weighted by Gasteiger charge is 2.26. The standard InChI is InChI=1S/C11H7N3O2/c15-9-4-5-10(16)14(9)8-3-1-2-7-11(8)13-6-12-7/h1-6H,(H,12,13). The number of H-pyrrole nitrogens is 1. The fourth-order valence-corrected chi connectivity index (χ4v) is 1.77. The normalized spacial score (nSPS) is 15.4. The van der Waals surface area contributed by atoms with Crippen LogP contribution in [0.25, 0.3) is 11.0 Å². The van der Waals surface area contributed by atoms with Crippen LogP contribution in [0, 0.1) is 0 Å². The van der Waals surface area contributed by atoms with Gasteiger partial charge in [-0.3, -0.25) is 9.59 Å². The molecule has 3 rings (SSSR count). The lowest BCUT2D eigenvalue weighted by atomic mass is 10.2. The van der Waals surface area contributed by atoms with Gasteiger partial charge in [-0.2, -0.15) is 0 Å². The summed E-state index contributed by atoms with van der Waals surface area (Å²) >= 11 is 0. The molecule has 0 bridgehead atoms. The van der Waals surface area contributed by atoms with Crippen molar-refractivity contribution in [2.75, 3.05) is 4.90 Å². The first kappa shape index (κ1) is 8.84. The summed E-state index contributed by atoms with van der Waals surface area (Å²) in [5, 5.41) is 0. The molecule has 0 saturated carbocycles. The Kier molecular flexibility index (Phi) is 1.67. The van der Waals surface area contributed by atoms with Crippen LogP contribution < -0.4 is 4.90 Å². The number of hydrogen-bond donors (Lipinski definition) is 1. The van der Waals surface area contributed by atoms with Crippen LogP contribution in [0.2, 0.25) is 0 Å². The van der Waals surface area contributed by atoms with E-state index in [0.29, 0.717) is 11.2 Å². The zero-order valence-electron chi connectivity index (χ0n) is 8.18. The second-order valence-electron chi connectivity index (χ2n) is 3.42. The highest BCUT2D eigenvalue weighted by Crippen LogP contribution is 2.26. The van der Waals surface area contributed by atoms with Crippen molar-refractivity contribution in [3.8, 4) is 0 Å². The Hall–Kier alpha value is -2.43. The van der Waals surface area contributed by atoms with E-state index in [1.165, 1.54) is 18.5 Å². The van der Waals surface area contributed by atoms with E-state index in [-0.39, 0.29) is 11.8 Å². The summed E-state index contributed by atoms with van der Waals surface area (Å²) in [5.41, 5.74) is 1.93. The number of carbonyl (C=O) groups is 2. The molecule has 1 N–H and O–H groups in total. The number of hydrogen-bond acceptors (Lipinski definition) is 3. The number of para-hydroxylation sites is 1. The molecule has 0 radical (unpaired) electrons. The minimum atomic E-state index is -0.333. The summed E-state index contributed by atoms with van der Waals surface area (Å²) in [7, 11) is 0. The molecular formula is C11H7N3O2. The van der Waals surface area contributed by atoms with Crippen molar-refractivity contribution in [1.29, 1.82) is 0 Å². The molecule has 5 nitrogen and oxygen atoms in total. The van der Waals surface area contributed by atoms with Gasteiger partial charge >= 0.3 is 0 Å². The van der Waals surface area contributed by atoms with E-state index in [9.17, 15) is 9.59 Å². The van der Waals surface area contributed by atoms with E-state index in [1.54, 1.807) is 12.1 Å². The van der Waals surface area contributed by atoms with Crippen molar-refractivity contribution in [2.45, 2.75) is 0 Å². The van der Waals surface area contributed by atoms with Gasteiger partial charge in [0, 0.05) is 12.2 Å². The average molecular weight is 213 g/mol. The Morgan fingerprint density at radius 3 is 2.62 bits per heavy atom. The average Bonchev–Trinajstić information content (AvgIpc) is 2.86. The fourth-order valence-electron chi connectivity index (χ4n) is 1.77. The number of benzene rings is 1. The third kappa shape index (κ3) is 1.08. The Morgan fingerprint density at radius 1 is 1.12 bits per heavy atom. The monoisotopic (exact) mass is 213 g/mol. The van der Waals surface area contributed by atoms with Crippen LogP contribution in [0.3, 0.4) is 0 Å². The zero-order chi connectivity index (χ0) is 11.1. The molecule has 1 aliphatic heterocycles. The van der Waals surface area contributed by atoms with Gasteiger partial charge in [0.1, 0.15) is 5.52 Å². The fraction of sp³-hybridized carbons (Fsp3) is 0. The van der Waals surface area contributed by atoms with Crippen LogP contribution in [0.15, 0.2) is 36.7 Å². The predicted octanol–water partition coefficient (Wildman–Crippen LogP) is 0.992. The van der Waals surface area contributed by atoms with Crippen molar-refractivity contribution in [3.05, 3.63) is 36.7 Å². The van der Waals surface area contributed by atoms with Gasteiger partial charge in [0.05, 0.1) is 17.5 Å². The molecule has 78 valence electrons. The zero-order valence-corrected chi connectivity index (χ0v) is 8.18. The quantitative estimate of drug-likeness (QED) is 0.718. The molecule has 0 fully saturated rings. The lowest BCUT2D eigenvalue weighted by molar-refractivity contribution is -0.119. The van der Waals surface area contributed by atoms with Gasteiger partial charge in [-0.1, -0.05) is 6.07 Å². The molecule has 1 aliphatic rings. The maximum absolute atomic E-state index is 11.5. The molecule has 5 heteroatoms. The van der Waals surface area contributed by atoms with Crippen molar-refractivity contribution in [2.24, 2.45) is 0 Å². The van der Waals surface area contributed by atoms with Crippen molar-refractivity contribution in [3.63, 3.8) is 0 Å². The molecule has 0 saturated heterocycles. The van der Waals surface area contributed by atoms with Crippen LogP contribution in [-0.4, -0.2) is 21.8 Å². The number of anilines is 1. The van der Waals surface area contributed by atoms with Crippen LogP contribution >= 0.6 is 0 Å². The number of carbonyl (C=O) groups excluding carboxylic acids is 2. The van der Waals surface area contributed by atoms with E-state index >= 15 is 0 Å². The number of aromatic amines is 1. The molecule has 0 aliphatic carbocycles. The Labute approximate surface area is 90.4 Å². The Morgan fingerprint density at radius 2 is 1.88 bits per heavy atom. The summed E-state index contributed by atoms with van der Waals surface area (Å²) in [5.74, 6) is -0.666. The van der Waals surface area contributed by atoms with Crippen molar-refractivity contribution < 1.29 is 9.59 Å². The summed E-state index contributed by atoms with van der Waals surface area (Å²) in [4.78, 5) is 31.2. The molecule has 1 aromatic carbocycles. The highest BCUT2D eigenvalue weighted by molar-refractivity contribution is 6.29. The van der Waals surface area contributed by atoms with Crippen LogP contribution in [0.1, 0.15) is 0 Å². The first-order valence-electron chi connectivity index (χ1n) is 4.75. The van der Waals surface area contributed by atoms with Gasteiger partial charge in [0.2, 0.25) is 0 Å². The number of rotatable bonds is 1. The van der Waals surface area contributed by atoms with Crippen LogP contribution in [0.4, 0.5) is 5.69 Å². The van der Waals surface area contributed by atoms with Gasteiger partial charge < -0.3 is 4.98 Å². The van der Waals surface area contributed by atoms with Gasteiger partial charge in [-0.05, 0) is 12.1 Å². The molecule has 2 aromatic rings. The highest BCUT2D eigenvalue weighted by atomic mass is 16.2. The lowest BCUT2D eigenvalue weighted by Crippen LogP contribution is -2.29. The van der Waals surface area contributed by atoms with E-state index in [0.717, 1.165) is 10.4 Å². The number of fused-ring (bicyclic) bond motifs is 1. The van der Waals surface area contributed by atoms with Gasteiger partial charge in [-0.25, -0.2) is 9.88 Å². The predicted molar refractivity (Wildman–Crippen MR) is 57.7 cm³/mol. The molecule has 2 amide bonds. The summed E-state index contributed by atoms with van der Waals surface area (Å²) in [6.07, 6.45) is 4.05. The summed E-state index contributed by atoms with van der Waals surface area (Å²) in [6.45, 7) is 0. The Balaban J connectivity index is 2.23. The number of aromatic nitrogens is 2. The molecule has 0 spiro atoms. The number of amides is 2. The number of imide groups is 1. The van der Waals surface area contributed by atoms with E-state index < -0.39 is 0 Å².